The largest absolute Gasteiger partial charge is 0.351 e. The lowest BCUT2D eigenvalue weighted by atomic mass is 10.1. The summed E-state index contributed by atoms with van der Waals surface area (Å²) in [6.07, 6.45) is 0. The summed E-state index contributed by atoms with van der Waals surface area (Å²) in [6, 6.07) is 12.6. The molecule has 1 N–H and O–H groups in total. The predicted molar refractivity (Wildman–Crippen MR) is 97.6 cm³/mol. The van der Waals surface area contributed by atoms with E-state index in [1.807, 2.05) is 31.2 Å². The third-order valence-electron chi connectivity index (χ3n) is 3.76. The number of thioether (sulfide) groups is 1. The fraction of sp³-hybridized carbons (Fsp3) is 0.222. The molecule has 0 bridgehead atoms. The summed E-state index contributed by atoms with van der Waals surface area (Å²) in [5.41, 5.74) is 3.40. The highest BCUT2D eigenvalue weighted by molar-refractivity contribution is 7.99. The van der Waals surface area contributed by atoms with Gasteiger partial charge in [0.2, 0.25) is 11.1 Å². The van der Waals surface area contributed by atoms with Crippen molar-refractivity contribution in [2.45, 2.75) is 25.5 Å². The van der Waals surface area contributed by atoms with Crippen molar-refractivity contribution in [2.24, 2.45) is 0 Å². The maximum Gasteiger partial charge on any atom is 0.230 e. The van der Waals surface area contributed by atoms with Crippen LogP contribution in [0, 0.1) is 19.7 Å². The SMILES string of the molecule is Cc1ccc(-n2nnnc2SCC(=O)NCc2ccc(F)c(C)c2)cc1. The minimum absolute atomic E-state index is 0.143. The zero-order chi connectivity index (χ0) is 18.5. The van der Waals surface area contributed by atoms with Crippen LogP contribution in [-0.4, -0.2) is 31.9 Å². The monoisotopic (exact) mass is 371 g/mol. The van der Waals surface area contributed by atoms with Crippen LogP contribution in [0.15, 0.2) is 47.6 Å². The number of hydrogen-bond acceptors (Lipinski definition) is 5. The molecule has 0 aliphatic rings. The highest BCUT2D eigenvalue weighted by Crippen LogP contribution is 2.18. The summed E-state index contributed by atoms with van der Waals surface area (Å²) in [6.45, 7) is 4.05. The van der Waals surface area contributed by atoms with Crippen molar-refractivity contribution in [3.63, 3.8) is 0 Å². The van der Waals surface area contributed by atoms with Crippen LogP contribution in [0.3, 0.4) is 0 Å². The van der Waals surface area contributed by atoms with Gasteiger partial charge in [0.05, 0.1) is 11.4 Å². The van der Waals surface area contributed by atoms with Gasteiger partial charge < -0.3 is 5.32 Å². The Morgan fingerprint density at radius 2 is 1.96 bits per heavy atom. The first-order valence-electron chi connectivity index (χ1n) is 8.03. The molecule has 0 saturated heterocycles. The first kappa shape index (κ1) is 18.1. The van der Waals surface area contributed by atoms with Crippen molar-refractivity contribution in [1.82, 2.24) is 25.5 Å². The average molecular weight is 371 g/mol. The van der Waals surface area contributed by atoms with Gasteiger partial charge in [-0.1, -0.05) is 41.6 Å². The summed E-state index contributed by atoms with van der Waals surface area (Å²) in [7, 11) is 0. The van der Waals surface area contributed by atoms with Gasteiger partial charge in [-0.15, -0.1) is 5.10 Å². The van der Waals surface area contributed by atoms with Gasteiger partial charge in [0, 0.05) is 6.54 Å². The molecule has 8 heteroatoms. The van der Waals surface area contributed by atoms with Gasteiger partial charge >= 0.3 is 0 Å². The van der Waals surface area contributed by atoms with E-state index in [1.165, 1.54) is 17.8 Å². The van der Waals surface area contributed by atoms with Gasteiger partial charge in [0.1, 0.15) is 5.82 Å². The molecule has 3 rings (SSSR count). The van der Waals surface area contributed by atoms with Crippen LogP contribution in [0.5, 0.6) is 0 Å². The second-order valence-electron chi connectivity index (χ2n) is 5.86. The lowest BCUT2D eigenvalue weighted by Gasteiger charge is -2.07. The van der Waals surface area contributed by atoms with Gasteiger partial charge in [-0.25, -0.2) is 4.39 Å². The van der Waals surface area contributed by atoms with E-state index >= 15 is 0 Å². The second kappa shape index (κ2) is 8.09. The first-order chi connectivity index (χ1) is 12.5. The molecule has 0 spiro atoms. The van der Waals surface area contributed by atoms with E-state index in [0.29, 0.717) is 17.3 Å². The van der Waals surface area contributed by atoms with Crippen LogP contribution in [-0.2, 0) is 11.3 Å². The van der Waals surface area contributed by atoms with E-state index in [2.05, 4.69) is 20.8 Å². The molecule has 0 fully saturated rings. The Hall–Kier alpha value is -2.74. The molecular weight excluding hydrogens is 353 g/mol. The zero-order valence-corrected chi connectivity index (χ0v) is 15.3. The molecule has 1 amide bonds. The third-order valence-corrected chi connectivity index (χ3v) is 4.68. The number of nitrogens with one attached hydrogen (secondary N) is 1. The first-order valence-corrected chi connectivity index (χ1v) is 9.01. The van der Waals surface area contributed by atoms with Gasteiger partial charge in [-0.3, -0.25) is 4.79 Å². The van der Waals surface area contributed by atoms with Crippen LogP contribution in [0.1, 0.15) is 16.7 Å². The highest BCUT2D eigenvalue weighted by Gasteiger charge is 2.11. The Morgan fingerprint density at radius 3 is 2.69 bits per heavy atom. The normalized spacial score (nSPS) is 10.7. The van der Waals surface area contributed by atoms with E-state index in [0.717, 1.165) is 16.8 Å². The standard InChI is InChI=1S/C18H18FN5OS/c1-12-3-6-15(7-4-12)24-18(21-22-23-24)26-11-17(25)20-10-14-5-8-16(19)13(2)9-14/h3-9H,10-11H2,1-2H3,(H,20,25). The van der Waals surface area contributed by atoms with Gasteiger partial charge in [-0.05, 0) is 53.6 Å². The van der Waals surface area contributed by atoms with E-state index in [9.17, 15) is 9.18 Å². The average Bonchev–Trinajstić information content (AvgIpc) is 3.10. The molecule has 0 radical (unpaired) electrons. The lowest BCUT2D eigenvalue weighted by molar-refractivity contribution is -0.118. The number of tetrazole rings is 1. The van der Waals surface area contributed by atoms with Crippen LogP contribution in [0.4, 0.5) is 4.39 Å². The fourth-order valence-corrected chi connectivity index (χ4v) is 3.04. The van der Waals surface area contributed by atoms with Crippen LogP contribution >= 0.6 is 11.8 Å². The van der Waals surface area contributed by atoms with E-state index in [4.69, 9.17) is 0 Å². The highest BCUT2D eigenvalue weighted by atomic mass is 32.2. The minimum Gasteiger partial charge on any atom is -0.351 e. The van der Waals surface area contributed by atoms with Crippen LogP contribution in [0.25, 0.3) is 5.69 Å². The molecule has 0 saturated carbocycles. The van der Waals surface area contributed by atoms with Crippen molar-refractivity contribution in [1.29, 1.82) is 0 Å². The number of carbonyl (C=O) groups is 1. The Bertz CT molecular complexity index is 910. The molecule has 1 aromatic heterocycles. The molecule has 1 heterocycles. The summed E-state index contributed by atoms with van der Waals surface area (Å²) in [5.74, 6) is -0.208. The molecule has 0 aliphatic heterocycles. The fourth-order valence-electron chi connectivity index (χ4n) is 2.32. The maximum absolute atomic E-state index is 13.3. The Kier molecular flexibility index (Phi) is 5.62. The molecule has 2 aromatic carbocycles. The zero-order valence-electron chi connectivity index (χ0n) is 14.4. The number of halogens is 1. The molecule has 0 unspecified atom stereocenters. The topological polar surface area (TPSA) is 72.7 Å². The van der Waals surface area contributed by atoms with Crippen LogP contribution < -0.4 is 5.32 Å². The van der Waals surface area contributed by atoms with Gasteiger partial charge in [-0.2, -0.15) is 4.68 Å². The van der Waals surface area contributed by atoms with Crippen molar-refractivity contribution in [3.8, 4) is 5.69 Å². The number of aromatic nitrogens is 4. The lowest BCUT2D eigenvalue weighted by Crippen LogP contribution is -2.24. The second-order valence-corrected chi connectivity index (χ2v) is 6.80. The Balaban J connectivity index is 1.56. The van der Waals surface area contributed by atoms with Crippen LogP contribution in [0.2, 0.25) is 0 Å². The maximum atomic E-state index is 13.3. The summed E-state index contributed by atoms with van der Waals surface area (Å²) in [4.78, 5) is 12.1. The smallest absolute Gasteiger partial charge is 0.230 e. The number of rotatable bonds is 6. The summed E-state index contributed by atoms with van der Waals surface area (Å²) >= 11 is 1.26. The van der Waals surface area contributed by atoms with E-state index in [1.54, 1.807) is 23.7 Å². The van der Waals surface area contributed by atoms with Gasteiger partial charge in [0.25, 0.3) is 0 Å². The van der Waals surface area contributed by atoms with Crippen molar-refractivity contribution in [3.05, 3.63) is 65.0 Å². The molecule has 3 aromatic rings. The molecule has 26 heavy (non-hydrogen) atoms. The molecular formula is C18H18FN5OS. The Morgan fingerprint density at radius 1 is 1.19 bits per heavy atom. The number of amides is 1. The molecule has 0 atom stereocenters. The molecule has 134 valence electrons. The number of carbonyl (C=O) groups excluding carboxylic acids is 1. The number of hydrogen-bond donors (Lipinski definition) is 1. The van der Waals surface area contributed by atoms with Gasteiger partial charge in [0.15, 0.2) is 0 Å². The van der Waals surface area contributed by atoms with Crippen molar-refractivity contribution < 1.29 is 9.18 Å². The quantitative estimate of drug-likeness (QED) is 0.675. The number of benzene rings is 2. The van der Waals surface area contributed by atoms with Crippen molar-refractivity contribution >= 4 is 17.7 Å². The van der Waals surface area contributed by atoms with E-state index < -0.39 is 0 Å². The summed E-state index contributed by atoms with van der Waals surface area (Å²) in [5, 5.41) is 15.0. The summed E-state index contributed by atoms with van der Waals surface area (Å²) < 4.78 is 14.9. The van der Waals surface area contributed by atoms with Crippen molar-refractivity contribution in [2.75, 3.05) is 5.75 Å². The Labute approximate surface area is 154 Å². The molecule has 0 aliphatic carbocycles. The predicted octanol–water partition coefficient (Wildman–Crippen LogP) is 2.83. The minimum atomic E-state index is -0.251. The molecule has 6 nitrogen and oxygen atoms in total. The third kappa shape index (κ3) is 4.45. The number of aryl methyl sites for hydroxylation is 2. The number of nitrogens with zero attached hydrogens (tertiary/aromatic N) is 4. The van der Waals surface area contributed by atoms with E-state index in [-0.39, 0.29) is 17.5 Å².